The average molecular weight is 556 g/mol. The maximum absolute atomic E-state index is 14.0. The van der Waals surface area contributed by atoms with Crippen molar-refractivity contribution in [3.05, 3.63) is 101 Å². The standard InChI is InChI=1S/C29H34ClN3O4S/c1-4-18-31-29(35)27(19-23-12-7-5-8-13-23)32(20-24-14-9-6-10-15-24)28(34)21-33(38(3,36)37)26-17-11-16-25(30)22(26)2/h5-17,27H,4,18-21H2,1-3H3,(H,31,35)/t27-/m0/s1. The van der Waals surface area contributed by atoms with Crippen LogP contribution in [0.5, 0.6) is 0 Å². The zero-order valence-corrected chi connectivity index (χ0v) is 23.5. The zero-order valence-electron chi connectivity index (χ0n) is 21.9. The Hall–Kier alpha value is -3.36. The van der Waals surface area contributed by atoms with Crippen LogP contribution >= 0.6 is 11.6 Å². The van der Waals surface area contributed by atoms with E-state index in [0.29, 0.717) is 22.8 Å². The summed E-state index contributed by atoms with van der Waals surface area (Å²) in [5.41, 5.74) is 2.58. The number of rotatable bonds is 12. The van der Waals surface area contributed by atoms with Crippen LogP contribution in [-0.4, -0.2) is 50.5 Å². The molecule has 3 rings (SSSR count). The molecular weight excluding hydrogens is 522 g/mol. The van der Waals surface area contributed by atoms with E-state index < -0.39 is 28.5 Å². The number of carbonyl (C=O) groups is 2. The molecule has 0 saturated heterocycles. The fourth-order valence-corrected chi connectivity index (χ4v) is 5.23. The number of amides is 2. The van der Waals surface area contributed by atoms with E-state index in [4.69, 9.17) is 11.6 Å². The SMILES string of the molecule is CCCNC(=O)[C@H](Cc1ccccc1)N(Cc1ccccc1)C(=O)CN(c1cccc(Cl)c1C)S(C)(=O)=O. The minimum atomic E-state index is -3.85. The van der Waals surface area contributed by atoms with E-state index in [-0.39, 0.29) is 18.9 Å². The van der Waals surface area contributed by atoms with Crippen molar-refractivity contribution < 1.29 is 18.0 Å². The fraction of sp³-hybridized carbons (Fsp3) is 0.310. The third-order valence-electron chi connectivity index (χ3n) is 6.20. The van der Waals surface area contributed by atoms with Crippen molar-refractivity contribution in [1.29, 1.82) is 0 Å². The smallest absolute Gasteiger partial charge is 0.244 e. The molecule has 0 heterocycles. The van der Waals surface area contributed by atoms with E-state index in [1.165, 1.54) is 4.90 Å². The Bertz CT molecular complexity index is 1330. The van der Waals surface area contributed by atoms with Crippen LogP contribution in [0, 0.1) is 6.92 Å². The molecule has 0 aromatic heterocycles. The van der Waals surface area contributed by atoms with Crippen molar-refractivity contribution in [3.8, 4) is 0 Å². The molecule has 0 aliphatic heterocycles. The van der Waals surface area contributed by atoms with E-state index in [1.54, 1.807) is 25.1 Å². The lowest BCUT2D eigenvalue weighted by Gasteiger charge is -2.33. The number of halogens is 1. The summed E-state index contributed by atoms with van der Waals surface area (Å²) in [7, 11) is -3.85. The van der Waals surface area contributed by atoms with Gasteiger partial charge in [0.1, 0.15) is 12.6 Å². The largest absolute Gasteiger partial charge is 0.354 e. The minimum Gasteiger partial charge on any atom is -0.354 e. The molecular formula is C29H34ClN3O4S. The Morgan fingerprint density at radius 3 is 2.11 bits per heavy atom. The highest BCUT2D eigenvalue weighted by Crippen LogP contribution is 2.28. The van der Waals surface area contributed by atoms with Gasteiger partial charge in [0.2, 0.25) is 21.8 Å². The molecule has 0 spiro atoms. The van der Waals surface area contributed by atoms with Crippen LogP contribution in [0.3, 0.4) is 0 Å². The van der Waals surface area contributed by atoms with Gasteiger partial charge in [-0.3, -0.25) is 13.9 Å². The molecule has 2 amide bonds. The lowest BCUT2D eigenvalue weighted by Crippen LogP contribution is -2.53. The second-order valence-electron chi connectivity index (χ2n) is 9.16. The number of nitrogens with one attached hydrogen (secondary N) is 1. The average Bonchev–Trinajstić information content (AvgIpc) is 2.90. The summed E-state index contributed by atoms with van der Waals surface area (Å²) < 4.78 is 26.8. The molecule has 1 atom stereocenters. The van der Waals surface area contributed by atoms with Crippen molar-refractivity contribution in [2.24, 2.45) is 0 Å². The highest BCUT2D eigenvalue weighted by Gasteiger charge is 2.33. The Balaban J connectivity index is 2.05. The number of sulfonamides is 1. The van der Waals surface area contributed by atoms with Crippen LogP contribution in [0.2, 0.25) is 5.02 Å². The molecule has 0 fully saturated rings. The van der Waals surface area contributed by atoms with Gasteiger partial charge in [-0.05, 0) is 42.2 Å². The van der Waals surface area contributed by atoms with Gasteiger partial charge >= 0.3 is 0 Å². The molecule has 0 aliphatic carbocycles. The lowest BCUT2D eigenvalue weighted by molar-refractivity contribution is -0.140. The lowest BCUT2D eigenvalue weighted by atomic mass is 10.0. The van der Waals surface area contributed by atoms with Gasteiger partial charge in [-0.1, -0.05) is 85.3 Å². The summed E-state index contributed by atoms with van der Waals surface area (Å²) in [6.07, 6.45) is 2.08. The first kappa shape index (κ1) is 29.2. The topological polar surface area (TPSA) is 86.8 Å². The summed E-state index contributed by atoms with van der Waals surface area (Å²) in [6, 6.07) is 22.9. The molecule has 3 aromatic rings. The summed E-state index contributed by atoms with van der Waals surface area (Å²) in [6.45, 7) is 3.80. The number of benzene rings is 3. The molecule has 0 bridgehead atoms. The minimum absolute atomic E-state index is 0.142. The van der Waals surface area contributed by atoms with E-state index >= 15 is 0 Å². The second-order valence-corrected chi connectivity index (χ2v) is 11.5. The fourth-order valence-electron chi connectivity index (χ4n) is 4.16. The summed E-state index contributed by atoms with van der Waals surface area (Å²) in [4.78, 5) is 28.9. The van der Waals surface area contributed by atoms with Gasteiger partial charge in [0.25, 0.3) is 0 Å². The Kier molecular flexibility index (Phi) is 10.3. The van der Waals surface area contributed by atoms with Crippen LogP contribution in [0.25, 0.3) is 0 Å². The first-order chi connectivity index (χ1) is 18.1. The number of carbonyl (C=O) groups excluding carboxylic acids is 2. The Labute approximate surface area is 230 Å². The van der Waals surface area contributed by atoms with Crippen LogP contribution in [0.15, 0.2) is 78.9 Å². The third kappa shape index (κ3) is 7.82. The van der Waals surface area contributed by atoms with Gasteiger partial charge in [-0.15, -0.1) is 0 Å². The van der Waals surface area contributed by atoms with Crippen molar-refractivity contribution >= 4 is 39.1 Å². The highest BCUT2D eigenvalue weighted by atomic mass is 35.5. The van der Waals surface area contributed by atoms with Crippen LogP contribution in [0.1, 0.15) is 30.0 Å². The van der Waals surface area contributed by atoms with Crippen LogP contribution in [-0.2, 0) is 32.6 Å². The third-order valence-corrected chi connectivity index (χ3v) is 7.74. The number of hydrogen-bond acceptors (Lipinski definition) is 4. The normalized spacial score (nSPS) is 12.0. The van der Waals surface area contributed by atoms with E-state index in [1.807, 2.05) is 67.6 Å². The van der Waals surface area contributed by atoms with Gasteiger partial charge in [0.15, 0.2) is 0 Å². The van der Waals surface area contributed by atoms with Gasteiger partial charge in [0.05, 0.1) is 11.9 Å². The molecule has 0 aliphatic rings. The Morgan fingerprint density at radius 1 is 0.921 bits per heavy atom. The monoisotopic (exact) mass is 555 g/mol. The van der Waals surface area contributed by atoms with Gasteiger partial charge in [-0.2, -0.15) is 0 Å². The van der Waals surface area contributed by atoms with E-state index in [9.17, 15) is 18.0 Å². The summed E-state index contributed by atoms with van der Waals surface area (Å²) in [5, 5.41) is 3.32. The summed E-state index contributed by atoms with van der Waals surface area (Å²) >= 11 is 6.28. The predicted molar refractivity (Wildman–Crippen MR) is 153 cm³/mol. The van der Waals surface area contributed by atoms with Crippen LogP contribution in [0.4, 0.5) is 5.69 Å². The first-order valence-electron chi connectivity index (χ1n) is 12.5. The maximum atomic E-state index is 14.0. The highest BCUT2D eigenvalue weighted by molar-refractivity contribution is 7.92. The van der Waals surface area contributed by atoms with Crippen LogP contribution < -0.4 is 9.62 Å². The molecule has 3 aromatic carbocycles. The molecule has 7 nitrogen and oxygen atoms in total. The van der Waals surface area contributed by atoms with Crippen molar-refractivity contribution in [3.63, 3.8) is 0 Å². The summed E-state index contributed by atoms with van der Waals surface area (Å²) in [5.74, 6) is -0.781. The van der Waals surface area contributed by atoms with Crippen molar-refractivity contribution in [2.45, 2.75) is 39.3 Å². The first-order valence-corrected chi connectivity index (χ1v) is 14.7. The Morgan fingerprint density at radius 2 is 1.53 bits per heavy atom. The molecule has 0 radical (unpaired) electrons. The number of anilines is 1. The number of nitrogens with zero attached hydrogens (tertiary/aromatic N) is 2. The molecule has 9 heteroatoms. The maximum Gasteiger partial charge on any atom is 0.244 e. The van der Waals surface area contributed by atoms with Gasteiger partial charge in [-0.25, -0.2) is 8.42 Å². The molecule has 0 unspecified atom stereocenters. The molecule has 38 heavy (non-hydrogen) atoms. The zero-order chi connectivity index (χ0) is 27.7. The molecule has 0 saturated carbocycles. The van der Waals surface area contributed by atoms with E-state index in [0.717, 1.165) is 28.1 Å². The number of hydrogen-bond donors (Lipinski definition) is 1. The van der Waals surface area contributed by atoms with Crippen molar-refractivity contribution in [2.75, 3.05) is 23.7 Å². The predicted octanol–water partition coefficient (Wildman–Crippen LogP) is 4.58. The molecule has 1 N–H and O–H groups in total. The van der Waals surface area contributed by atoms with E-state index in [2.05, 4.69) is 5.32 Å². The quantitative estimate of drug-likeness (QED) is 0.354. The van der Waals surface area contributed by atoms with Crippen molar-refractivity contribution in [1.82, 2.24) is 10.2 Å². The second kappa shape index (κ2) is 13.4. The van der Waals surface area contributed by atoms with Gasteiger partial charge in [0, 0.05) is 24.5 Å². The van der Waals surface area contributed by atoms with Gasteiger partial charge < -0.3 is 10.2 Å². The molecule has 202 valence electrons.